The second kappa shape index (κ2) is 7.45. The largest absolute Gasteiger partial charge is 0.433 e. The summed E-state index contributed by atoms with van der Waals surface area (Å²) in [5, 5.41) is 2.62. The van der Waals surface area contributed by atoms with E-state index in [0.717, 1.165) is 12.3 Å². The number of hydrogen-bond donors (Lipinski definition) is 1. The Morgan fingerprint density at radius 2 is 1.83 bits per heavy atom. The van der Waals surface area contributed by atoms with Crippen molar-refractivity contribution < 1.29 is 22.8 Å². The molecule has 1 aromatic heterocycles. The molecule has 0 spiro atoms. The fraction of sp³-hybridized carbons (Fsp3) is 0.571. The average Bonchev–Trinajstić information content (AvgIpc) is 2.54. The number of alkyl halides is 3. The van der Waals surface area contributed by atoms with Crippen molar-refractivity contribution in [3.05, 3.63) is 18.0 Å². The van der Waals surface area contributed by atoms with Gasteiger partial charge in [-0.25, -0.2) is 9.97 Å². The highest BCUT2D eigenvalue weighted by molar-refractivity contribution is 5.77. The van der Waals surface area contributed by atoms with Crippen molar-refractivity contribution in [2.75, 3.05) is 38.0 Å². The molecule has 1 fully saturated rings. The molecule has 2 rings (SSSR count). The van der Waals surface area contributed by atoms with E-state index in [1.165, 1.54) is 6.92 Å². The van der Waals surface area contributed by atoms with Gasteiger partial charge in [-0.2, -0.15) is 13.2 Å². The lowest BCUT2D eigenvalue weighted by Gasteiger charge is -2.34. The number of aromatic nitrogens is 2. The summed E-state index contributed by atoms with van der Waals surface area (Å²) in [6.07, 6.45) is -3.41. The van der Waals surface area contributed by atoms with Crippen molar-refractivity contribution in [2.45, 2.75) is 19.5 Å². The van der Waals surface area contributed by atoms with Gasteiger partial charge in [-0.3, -0.25) is 9.59 Å². The van der Waals surface area contributed by atoms with Crippen LogP contribution in [0.5, 0.6) is 0 Å². The number of amides is 2. The molecule has 10 heteroatoms. The molecule has 1 aliphatic rings. The number of piperazine rings is 1. The van der Waals surface area contributed by atoms with Gasteiger partial charge in [-0.15, -0.1) is 0 Å². The van der Waals surface area contributed by atoms with E-state index in [1.807, 2.05) is 0 Å². The molecular weight excluding hydrogens is 327 g/mol. The third-order valence-electron chi connectivity index (χ3n) is 3.65. The topological polar surface area (TPSA) is 78.4 Å². The van der Waals surface area contributed by atoms with Gasteiger partial charge in [-0.1, -0.05) is 0 Å². The number of nitrogens with one attached hydrogen (secondary N) is 1. The maximum atomic E-state index is 12.5. The Bertz CT molecular complexity index is 600. The molecule has 2 heterocycles. The summed E-state index contributed by atoms with van der Waals surface area (Å²) in [4.78, 5) is 33.6. The highest BCUT2D eigenvalue weighted by atomic mass is 19.4. The molecule has 1 saturated heterocycles. The third-order valence-corrected chi connectivity index (χ3v) is 3.65. The van der Waals surface area contributed by atoms with Crippen molar-refractivity contribution in [1.29, 1.82) is 0 Å². The minimum Gasteiger partial charge on any atom is -0.354 e. The number of hydrogen-bond acceptors (Lipinski definition) is 5. The fourth-order valence-corrected chi connectivity index (χ4v) is 2.31. The molecule has 1 N–H and O–H groups in total. The summed E-state index contributed by atoms with van der Waals surface area (Å²) in [6, 6.07) is 0.783. The summed E-state index contributed by atoms with van der Waals surface area (Å²) in [6.45, 7) is 3.51. The lowest BCUT2D eigenvalue weighted by atomic mass is 10.2. The van der Waals surface area contributed by atoms with E-state index in [0.29, 0.717) is 26.2 Å². The lowest BCUT2D eigenvalue weighted by Crippen LogP contribution is -2.50. The molecule has 1 aromatic rings. The molecular formula is C14H18F3N5O2. The third kappa shape index (κ3) is 4.80. The number of carbonyl (C=O) groups excluding carboxylic acids is 2. The first-order valence-corrected chi connectivity index (χ1v) is 7.45. The SMILES string of the molecule is CC(=O)N1CCN(C(=O)CCNc2nccc(C(F)(F)F)n2)CC1. The average molecular weight is 345 g/mol. The molecule has 0 aromatic carbocycles. The van der Waals surface area contributed by atoms with Crippen LogP contribution >= 0.6 is 0 Å². The Morgan fingerprint density at radius 3 is 2.42 bits per heavy atom. The summed E-state index contributed by atoms with van der Waals surface area (Å²) in [7, 11) is 0. The van der Waals surface area contributed by atoms with Gasteiger partial charge in [0, 0.05) is 52.3 Å². The van der Waals surface area contributed by atoms with Gasteiger partial charge in [0.15, 0.2) is 0 Å². The highest BCUT2D eigenvalue weighted by Gasteiger charge is 2.32. The summed E-state index contributed by atoms with van der Waals surface area (Å²) >= 11 is 0. The Balaban J connectivity index is 1.78. The number of halogens is 3. The molecule has 0 radical (unpaired) electrons. The smallest absolute Gasteiger partial charge is 0.354 e. The molecule has 0 aliphatic carbocycles. The Morgan fingerprint density at radius 1 is 1.21 bits per heavy atom. The molecule has 132 valence electrons. The highest BCUT2D eigenvalue weighted by Crippen LogP contribution is 2.27. The molecule has 0 atom stereocenters. The molecule has 1 aliphatic heterocycles. The fourth-order valence-electron chi connectivity index (χ4n) is 2.31. The van der Waals surface area contributed by atoms with Crippen LogP contribution in [0.2, 0.25) is 0 Å². The predicted molar refractivity (Wildman–Crippen MR) is 79.0 cm³/mol. The van der Waals surface area contributed by atoms with Crippen LogP contribution in [0.3, 0.4) is 0 Å². The van der Waals surface area contributed by atoms with Crippen LogP contribution in [-0.4, -0.2) is 64.3 Å². The van der Waals surface area contributed by atoms with Crippen molar-refractivity contribution in [2.24, 2.45) is 0 Å². The molecule has 2 amide bonds. The Hall–Kier alpha value is -2.39. The molecule has 0 unspecified atom stereocenters. The Labute approximate surface area is 136 Å². The van der Waals surface area contributed by atoms with Crippen LogP contribution in [0.15, 0.2) is 12.3 Å². The first-order valence-electron chi connectivity index (χ1n) is 7.45. The minimum absolute atomic E-state index is 0.0227. The zero-order chi connectivity index (χ0) is 17.7. The van der Waals surface area contributed by atoms with Crippen molar-refractivity contribution in [1.82, 2.24) is 19.8 Å². The van der Waals surface area contributed by atoms with E-state index in [-0.39, 0.29) is 30.7 Å². The van der Waals surface area contributed by atoms with Crippen molar-refractivity contribution in [3.8, 4) is 0 Å². The quantitative estimate of drug-likeness (QED) is 0.880. The van der Waals surface area contributed by atoms with Gasteiger partial charge >= 0.3 is 6.18 Å². The zero-order valence-electron chi connectivity index (χ0n) is 13.1. The van der Waals surface area contributed by atoms with Gasteiger partial charge in [0.2, 0.25) is 17.8 Å². The maximum Gasteiger partial charge on any atom is 0.433 e. The first-order chi connectivity index (χ1) is 11.3. The van der Waals surface area contributed by atoms with E-state index in [2.05, 4.69) is 15.3 Å². The Kier molecular flexibility index (Phi) is 5.58. The van der Waals surface area contributed by atoms with Crippen LogP contribution < -0.4 is 5.32 Å². The normalized spacial score (nSPS) is 15.3. The van der Waals surface area contributed by atoms with E-state index >= 15 is 0 Å². The second-order valence-electron chi connectivity index (χ2n) is 5.33. The monoisotopic (exact) mass is 345 g/mol. The predicted octanol–water partition coefficient (Wildman–Crippen LogP) is 0.988. The number of carbonyl (C=O) groups is 2. The van der Waals surface area contributed by atoms with Gasteiger partial charge < -0.3 is 15.1 Å². The standard InChI is InChI=1S/C14H18F3N5O2/c1-10(23)21-6-8-22(9-7-21)12(24)3-5-19-13-18-4-2-11(20-13)14(15,16)17/h2,4H,3,5-9H2,1H3,(H,18,19,20). The number of rotatable bonds is 4. The zero-order valence-corrected chi connectivity index (χ0v) is 13.1. The second-order valence-corrected chi connectivity index (χ2v) is 5.33. The van der Waals surface area contributed by atoms with Crippen LogP contribution in [0, 0.1) is 0 Å². The minimum atomic E-state index is -4.54. The molecule has 0 saturated carbocycles. The van der Waals surface area contributed by atoms with Gasteiger partial charge in [0.1, 0.15) is 5.69 Å². The van der Waals surface area contributed by atoms with Crippen molar-refractivity contribution >= 4 is 17.8 Å². The summed E-state index contributed by atoms with van der Waals surface area (Å²) < 4.78 is 37.6. The molecule has 0 bridgehead atoms. The lowest BCUT2D eigenvalue weighted by molar-refractivity contribution is -0.141. The van der Waals surface area contributed by atoms with Gasteiger partial charge in [0.05, 0.1) is 0 Å². The molecule has 24 heavy (non-hydrogen) atoms. The molecule has 7 nitrogen and oxygen atoms in total. The van der Waals surface area contributed by atoms with E-state index in [4.69, 9.17) is 0 Å². The van der Waals surface area contributed by atoms with Crippen molar-refractivity contribution in [3.63, 3.8) is 0 Å². The maximum absolute atomic E-state index is 12.5. The number of anilines is 1. The van der Waals surface area contributed by atoms with Gasteiger partial charge in [0.25, 0.3) is 0 Å². The van der Waals surface area contributed by atoms with E-state index in [9.17, 15) is 22.8 Å². The first kappa shape index (κ1) is 18.0. The van der Waals surface area contributed by atoms with Crippen LogP contribution in [-0.2, 0) is 15.8 Å². The van der Waals surface area contributed by atoms with Gasteiger partial charge in [-0.05, 0) is 6.07 Å². The van der Waals surface area contributed by atoms with Crippen LogP contribution in [0.4, 0.5) is 19.1 Å². The van der Waals surface area contributed by atoms with Crippen LogP contribution in [0.1, 0.15) is 19.0 Å². The number of nitrogens with zero attached hydrogens (tertiary/aromatic N) is 4. The van der Waals surface area contributed by atoms with E-state index in [1.54, 1.807) is 9.80 Å². The summed E-state index contributed by atoms with van der Waals surface area (Å²) in [5.74, 6) is -0.317. The summed E-state index contributed by atoms with van der Waals surface area (Å²) in [5.41, 5.74) is -1.04. The van der Waals surface area contributed by atoms with Crippen LogP contribution in [0.25, 0.3) is 0 Å². The van der Waals surface area contributed by atoms with E-state index < -0.39 is 11.9 Å².